The zero-order valence-electron chi connectivity index (χ0n) is 14.7. The number of hydrogen-bond acceptors (Lipinski definition) is 6. The second-order valence-corrected chi connectivity index (χ2v) is 6.17. The summed E-state index contributed by atoms with van der Waals surface area (Å²) >= 11 is 0. The molecule has 2 amide bonds. The van der Waals surface area contributed by atoms with E-state index in [1.807, 2.05) is 30.3 Å². The Morgan fingerprint density at radius 3 is 2.88 bits per heavy atom. The molecule has 0 radical (unpaired) electrons. The summed E-state index contributed by atoms with van der Waals surface area (Å²) in [5.74, 6) is 0.138. The SMILES string of the molecule is COCC(=O)N1CCC[C@H](C(=O)NCc2nnnn2-c2ccccc2)C1. The van der Waals surface area contributed by atoms with E-state index in [1.54, 1.807) is 9.58 Å². The average molecular weight is 358 g/mol. The van der Waals surface area contributed by atoms with Crippen LogP contribution in [0.15, 0.2) is 30.3 Å². The van der Waals surface area contributed by atoms with Gasteiger partial charge in [0.05, 0.1) is 18.2 Å². The molecule has 2 heterocycles. The number of nitrogens with zero attached hydrogens (tertiary/aromatic N) is 5. The molecule has 1 N–H and O–H groups in total. The van der Waals surface area contributed by atoms with Gasteiger partial charge in [0, 0.05) is 20.2 Å². The number of amides is 2. The zero-order valence-corrected chi connectivity index (χ0v) is 14.7. The Kier molecular flexibility index (Phi) is 5.90. The van der Waals surface area contributed by atoms with Crippen molar-refractivity contribution in [3.05, 3.63) is 36.2 Å². The van der Waals surface area contributed by atoms with Crippen LogP contribution in [0.1, 0.15) is 18.7 Å². The number of likely N-dealkylation sites (tertiary alicyclic amines) is 1. The Morgan fingerprint density at radius 1 is 1.31 bits per heavy atom. The number of hydrogen-bond donors (Lipinski definition) is 1. The van der Waals surface area contributed by atoms with Crippen molar-refractivity contribution >= 4 is 11.8 Å². The first kappa shape index (κ1) is 18.0. The molecule has 1 aliphatic heterocycles. The molecule has 1 aliphatic rings. The van der Waals surface area contributed by atoms with Crippen LogP contribution in [-0.2, 0) is 20.9 Å². The maximum atomic E-state index is 12.5. The number of ether oxygens (including phenoxy) is 1. The third kappa shape index (κ3) is 4.23. The maximum Gasteiger partial charge on any atom is 0.248 e. The number of tetrazole rings is 1. The first-order valence-electron chi connectivity index (χ1n) is 8.56. The molecule has 0 aliphatic carbocycles. The van der Waals surface area contributed by atoms with Gasteiger partial charge >= 0.3 is 0 Å². The molecule has 9 nitrogen and oxygen atoms in total. The number of nitrogens with one attached hydrogen (secondary N) is 1. The van der Waals surface area contributed by atoms with Gasteiger partial charge in [-0.05, 0) is 35.4 Å². The Bertz CT molecular complexity index is 748. The molecule has 0 saturated carbocycles. The van der Waals surface area contributed by atoms with Gasteiger partial charge in [-0.25, -0.2) is 0 Å². The maximum absolute atomic E-state index is 12.5. The van der Waals surface area contributed by atoms with Crippen molar-refractivity contribution in [2.75, 3.05) is 26.8 Å². The van der Waals surface area contributed by atoms with Crippen LogP contribution in [0.25, 0.3) is 5.69 Å². The van der Waals surface area contributed by atoms with Crippen molar-refractivity contribution in [3.63, 3.8) is 0 Å². The second-order valence-electron chi connectivity index (χ2n) is 6.17. The van der Waals surface area contributed by atoms with Gasteiger partial charge in [-0.1, -0.05) is 18.2 Å². The lowest BCUT2D eigenvalue weighted by atomic mass is 9.97. The second kappa shape index (κ2) is 8.52. The molecule has 1 atom stereocenters. The molecule has 9 heteroatoms. The van der Waals surface area contributed by atoms with Gasteiger partial charge in [0.1, 0.15) is 6.61 Å². The zero-order chi connectivity index (χ0) is 18.4. The van der Waals surface area contributed by atoms with Crippen LogP contribution >= 0.6 is 0 Å². The lowest BCUT2D eigenvalue weighted by molar-refractivity contribution is -0.139. The number of para-hydroxylation sites is 1. The van der Waals surface area contributed by atoms with E-state index in [9.17, 15) is 9.59 Å². The lowest BCUT2D eigenvalue weighted by Gasteiger charge is -2.31. The van der Waals surface area contributed by atoms with E-state index in [2.05, 4.69) is 20.8 Å². The molecule has 2 aromatic rings. The van der Waals surface area contributed by atoms with E-state index in [4.69, 9.17) is 4.74 Å². The number of piperidine rings is 1. The van der Waals surface area contributed by atoms with E-state index in [0.29, 0.717) is 18.9 Å². The number of aromatic nitrogens is 4. The number of rotatable bonds is 6. The predicted molar refractivity (Wildman–Crippen MR) is 92.2 cm³/mol. The highest BCUT2D eigenvalue weighted by molar-refractivity contribution is 5.81. The summed E-state index contributed by atoms with van der Waals surface area (Å²) in [7, 11) is 1.49. The molecule has 138 valence electrons. The normalized spacial score (nSPS) is 17.1. The first-order chi connectivity index (χ1) is 12.7. The molecule has 3 rings (SSSR count). The number of carbonyl (C=O) groups excluding carboxylic acids is 2. The minimum Gasteiger partial charge on any atom is -0.375 e. The average Bonchev–Trinajstić information content (AvgIpc) is 3.15. The van der Waals surface area contributed by atoms with Gasteiger partial charge in [-0.15, -0.1) is 5.10 Å². The van der Waals surface area contributed by atoms with E-state index < -0.39 is 0 Å². The van der Waals surface area contributed by atoms with Gasteiger partial charge in [-0.3, -0.25) is 9.59 Å². The summed E-state index contributed by atoms with van der Waals surface area (Å²) in [6.07, 6.45) is 1.56. The number of methoxy groups -OCH3 is 1. The molecule has 1 saturated heterocycles. The summed E-state index contributed by atoms with van der Waals surface area (Å²) in [6.45, 7) is 1.35. The third-order valence-corrected chi connectivity index (χ3v) is 4.37. The highest BCUT2D eigenvalue weighted by Gasteiger charge is 2.28. The highest BCUT2D eigenvalue weighted by Crippen LogP contribution is 2.17. The summed E-state index contributed by atoms with van der Waals surface area (Å²) < 4.78 is 6.48. The van der Waals surface area contributed by atoms with Crippen LogP contribution in [0.4, 0.5) is 0 Å². The summed E-state index contributed by atoms with van der Waals surface area (Å²) in [6, 6.07) is 9.49. The molecule has 0 unspecified atom stereocenters. The van der Waals surface area contributed by atoms with Gasteiger partial charge in [0.25, 0.3) is 0 Å². The number of carbonyl (C=O) groups is 2. The highest BCUT2D eigenvalue weighted by atomic mass is 16.5. The Labute approximate surface area is 151 Å². The van der Waals surface area contributed by atoms with E-state index in [1.165, 1.54) is 7.11 Å². The topological polar surface area (TPSA) is 102 Å². The fraction of sp³-hybridized carbons (Fsp3) is 0.471. The lowest BCUT2D eigenvalue weighted by Crippen LogP contribution is -2.46. The van der Waals surface area contributed by atoms with Gasteiger partial charge < -0.3 is 15.0 Å². The Balaban J connectivity index is 1.58. The fourth-order valence-corrected chi connectivity index (χ4v) is 3.03. The minimum absolute atomic E-state index is 0.0419. The third-order valence-electron chi connectivity index (χ3n) is 4.37. The van der Waals surface area contributed by atoms with E-state index >= 15 is 0 Å². The van der Waals surface area contributed by atoms with Crippen LogP contribution in [0.3, 0.4) is 0 Å². The predicted octanol–water partition coefficient (Wildman–Crippen LogP) is 0.164. The molecule has 26 heavy (non-hydrogen) atoms. The van der Waals surface area contributed by atoms with Crippen molar-refractivity contribution in [3.8, 4) is 5.69 Å². The standard InChI is InChI=1S/C17H22N6O3/c1-26-12-16(24)22-9-5-6-13(11-22)17(25)18-10-15-19-20-21-23(15)14-7-3-2-4-8-14/h2-4,7-8,13H,5-6,9-12H2,1H3,(H,18,25)/t13-/m0/s1. The number of benzene rings is 1. The van der Waals surface area contributed by atoms with Crippen LogP contribution in [0.2, 0.25) is 0 Å². The van der Waals surface area contributed by atoms with Crippen LogP contribution in [0, 0.1) is 5.92 Å². The first-order valence-corrected chi connectivity index (χ1v) is 8.56. The summed E-state index contributed by atoms with van der Waals surface area (Å²) in [5.41, 5.74) is 0.829. The quantitative estimate of drug-likeness (QED) is 0.789. The minimum atomic E-state index is -0.231. The van der Waals surface area contributed by atoms with Crippen LogP contribution < -0.4 is 5.32 Å². The Morgan fingerprint density at radius 2 is 2.12 bits per heavy atom. The molecule has 1 fully saturated rings. The monoisotopic (exact) mass is 358 g/mol. The molecule has 1 aromatic carbocycles. The molecular weight excluding hydrogens is 336 g/mol. The molecule has 0 bridgehead atoms. The largest absolute Gasteiger partial charge is 0.375 e. The Hall–Kier alpha value is -2.81. The smallest absolute Gasteiger partial charge is 0.248 e. The van der Waals surface area contributed by atoms with Crippen molar-refractivity contribution < 1.29 is 14.3 Å². The summed E-state index contributed by atoms with van der Waals surface area (Å²) in [5, 5.41) is 14.5. The van der Waals surface area contributed by atoms with Gasteiger partial charge in [0.2, 0.25) is 11.8 Å². The van der Waals surface area contributed by atoms with E-state index in [0.717, 1.165) is 18.5 Å². The molecular formula is C17H22N6O3. The van der Waals surface area contributed by atoms with E-state index in [-0.39, 0.29) is 30.9 Å². The van der Waals surface area contributed by atoms with Crippen molar-refractivity contribution in [2.24, 2.45) is 5.92 Å². The molecule has 1 aromatic heterocycles. The van der Waals surface area contributed by atoms with Crippen LogP contribution in [0.5, 0.6) is 0 Å². The van der Waals surface area contributed by atoms with Crippen molar-refractivity contribution in [2.45, 2.75) is 19.4 Å². The molecule has 0 spiro atoms. The van der Waals surface area contributed by atoms with Gasteiger partial charge in [0.15, 0.2) is 5.82 Å². The van der Waals surface area contributed by atoms with Crippen LogP contribution in [-0.4, -0.2) is 63.7 Å². The fourth-order valence-electron chi connectivity index (χ4n) is 3.03. The summed E-state index contributed by atoms with van der Waals surface area (Å²) in [4.78, 5) is 26.1. The van der Waals surface area contributed by atoms with Crippen molar-refractivity contribution in [1.29, 1.82) is 0 Å². The van der Waals surface area contributed by atoms with Gasteiger partial charge in [-0.2, -0.15) is 4.68 Å². The van der Waals surface area contributed by atoms with Crippen molar-refractivity contribution in [1.82, 2.24) is 30.4 Å².